The van der Waals surface area contributed by atoms with Crippen molar-refractivity contribution >= 4 is 11.6 Å². The fraction of sp³-hybridized carbons (Fsp3) is 0.312. The van der Waals surface area contributed by atoms with E-state index < -0.39 is 0 Å². The van der Waals surface area contributed by atoms with Gasteiger partial charge in [-0.05, 0) is 31.5 Å². The molecule has 0 aliphatic heterocycles. The van der Waals surface area contributed by atoms with Gasteiger partial charge in [-0.25, -0.2) is 0 Å². The van der Waals surface area contributed by atoms with Gasteiger partial charge in [0, 0.05) is 22.7 Å². The molecule has 0 aromatic rings. The van der Waals surface area contributed by atoms with Gasteiger partial charge in [0.25, 0.3) is 0 Å². The maximum atomic E-state index is 6.35. The first-order valence-corrected chi connectivity index (χ1v) is 6.61. The van der Waals surface area contributed by atoms with Crippen molar-refractivity contribution in [1.82, 2.24) is 5.32 Å². The summed E-state index contributed by atoms with van der Waals surface area (Å²) >= 11 is 6.35. The summed E-state index contributed by atoms with van der Waals surface area (Å²) in [6.07, 6.45) is 10.7. The summed E-state index contributed by atoms with van der Waals surface area (Å²) in [4.78, 5) is 0. The van der Waals surface area contributed by atoms with Crippen molar-refractivity contribution in [3.63, 3.8) is 0 Å². The molecule has 0 spiro atoms. The van der Waals surface area contributed by atoms with Crippen LogP contribution in [0, 0.1) is 0 Å². The average Bonchev–Trinajstić information content (AvgIpc) is 2.37. The van der Waals surface area contributed by atoms with Crippen LogP contribution in [0.1, 0.15) is 20.3 Å². The molecule has 0 radical (unpaired) electrons. The maximum Gasteiger partial charge on any atom is 0.0448 e. The van der Waals surface area contributed by atoms with Crippen LogP contribution in [-0.4, -0.2) is 13.1 Å². The first-order valence-electron chi connectivity index (χ1n) is 6.24. The predicted octanol–water partition coefficient (Wildman–Crippen LogP) is 4.26. The standard InChI is InChI=1S/C16H20ClN/c1-4-13-10-8-7-9-11-14(12-18-6-3)16(13)15(17)5-2/h4-5,7-9,18H,1,6,11-12H2,2-3H3/b9-7-,15-5+,16-14-. The minimum atomic E-state index is 0.758. The number of hydrogen-bond donors (Lipinski definition) is 1. The molecule has 2 heteroatoms. The smallest absolute Gasteiger partial charge is 0.0448 e. The van der Waals surface area contributed by atoms with Crippen molar-refractivity contribution < 1.29 is 0 Å². The minimum absolute atomic E-state index is 0.758. The van der Waals surface area contributed by atoms with Crippen LogP contribution >= 0.6 is 11.6 Å². The molecule has 0 aromatic carbocycles. The maximum absolute atomic E-state index is 6.35. The lowest BCUT2D eigenvalue weighted by Gasteiger charge is -2.15. The highest BCUT2D eigenvalue weighted by molar-refractivity contribution is 6.32. The third kappa shape index (κ3) is 3.89. The number of nitrogens with one attached hydrogen (secondary N) is 1. The summed E-state index contributed by atoms with van der Waals surface area (Å²) in [7, 11) is 0. The van der Waals surface area contributed by atoms with Gasteiger partial charge in [0.1, 0.15) is 0 Å². The van der Waals surface area contributed by atoms with Crippen LogP contribution in [0.5, 0.6) is 0 Å². The van der Waals surface area contributed by atoms with Crippen LogP contribution in [0.3, 0.4) is 0 Å². The predicted molar refractivity (Wildman–Crippen MR) is 80.7 cm³/mol. The van der Waals surface area contributed by atoms with E-state index in [9.17, 15) is 0 Å². The van der Waals surface area contributed by atoms with E-state index in [2.05, 4.69) is 30.6 Å². The highest BCUT2D eigenvalue weighted by atomic mass is 35.5. The fourth-order valence-electron chi connectivity index (χ4n) is 1.82. The number of hydrogen-bond acceptors (Lipinski definition) is 1. The van der Waals surface area contributed by atoms with E-state index >= 15 is 0 Å². The van der Waals surface area contributed by atoms with Crippen molar-refractivity contribution in [2.45, 2.75) is 20.3 Å². The molecule has 1 nitrogen and oxygen atoms in total. The summed E-state index contributed by atoms with van der Waals surface area (Å²) in [6, 6.07) is 0. The number of halogens is 1. The summed E-state index contributed by atoms with van der Waals surface area (Å²) in [5.74, 6) is 0. The highest BCUT2D eigenvalue weighted by Gasteiger charge is 2.12. The molecule has 0 heterocycles. The molecule has 1 aliphatic carbocycles. The van der Waals surface area contributed by atoms with Gasteiger partial charge < -0.3 is 5.32 Å². The highest BCUT2D eigenvalue weighted by Crippen LogP contribution is 2.28. The molecule has 96 valence electrons. The molecule has 0 bridgehead atoms. The van der Waals surface area contributed by atoms with Gasteiger partial charge in [-0.2, -0.15) is 0 Å². The number of likely N-dealkylation sites (N-methyl/N-ethyl adjacent to an activating group) is 1. The van der Waals surface area contributed by atoms with Crippen LogP contribution in [0.4, 0.5) is 0 Å². The van der Waals surface area contributed by atoms with Crippen molar-refractivity contribution in [3.8, 4) is 0 Å². The molecule has 0 saturated heterocycles. The van der Waals surface area contributed by atoms with Crippen LogP contribution < -0.4 is 5.32 Å². The second-order valence-corrected chi connectivity index (χ2v) is 4.36. The third-order valence-electron chi connectivity index (χ3n) is 2.74. The Morgan fingerprint density at radius 3 is 3.00 bits per heavy atom. The van der Waals surface area contributed by atoms with Crippen molar-refractivity contribution in [3.05, 3.63) is 64.4 Å². The van der Waals surface area contributed by atoms with Gasteiger partial charge in [-0.3, -0.25) is 0 Å². The topological polar surface area (TPSA) is 12.0 Å². The SMILES string of the molecule is C=CC1=C=C/C=C\C/C(CNCC)=C1/C(Cl)=C\C. The molecule has 1 aliphatic rings. The van der Waals surface area contributed by atoms with E-state index in [1.165, 1.54) is 5.57 Å². The quantitative estimate of drug-likeness (QED) is 0.729. The third-order valence-corrected chi connectivity index (χ3v) is 3.15. The molecule has 0 saturated carbocycles. The largest absolute Gasteiger partial charge is 0.313 e. The van der Waals surface area contributed by atoms with Crippen LogP contribution in [0.2, 0.25) is 0 Å². The van der Waals surface area contributed by atoms with Crippen molar-refractivity contribution in [2.75, 3.05) is 13.1 Å². The molecular formula is C16H20ClN. The second kappa shape index (κ2) is 7.94. The normalized spacial score (nSPS) is 22.2. The Labute approximate surface area is 115 Å². The molecule has 0 atom stereocenters. The van der Waals surface area contributed by atoms with Gasteiger partial charge >= 0.3 is 0 Å². The summed E-state index contributed by atoms with van der Waals surface area (Å²) < 4.78 is 0. The molecule has 0 fully saturated rings. The van der Waals surface area contributed by atoms with E-state index in [1.807, 2.05) is 31.2 Å². The van der Waals surface area contributed by atoms with Crippen molar-refractivity contribution in [1.29, 1.82) is 0 Å². The van der Waals surface area contributed by atoms with Gasteiger partial charge in [0.15, 0.2) is 0 Å². The Bertz CT molecular complexity index is 457. The minimum Gasteiger partial charge on any atom is -0.313 e. The first kappa shape index (κ1) is 14.8. The Balaban J connectivity index is 3.32. The lowest BCUT2D eigenvalue weighted by atomic mass is 9.95. The first-order chi connectivity index (χ1) is 8.74. The van der Waals surface area contributed by atoms with E-state index in [1.54, 1.807) is 0 Å². The van der Waals surface area contributed by atoms with Crippen LogP contribution in [0.25, 0.3) is 0 Å². The lowest BCUT2D eigenvalue weighted by Crippen LogP contribution is -2.17. The van der Waals surface area contributed by atoms with Gasteiger partial charge in [-0.15, -0.1) is 5.73 Å². The molecular weight excluding hydrogens is 242 g/mol. The van der Waals surface area contributed by atoms with Crippen LogP contribution in [-0.2, 0) is 0 Å². The van der Waals surface area contributed by atoms with Crippen molar-refractivity contribution in [2.24, 2.45) is 0 Å². The molecule has 1 rings (SSSR count). The lowest BCUT2D eigenvalue weighted by molar-refractivity contribution is 0.762. The Morgan fingerprint density at radius 1 is 1.61 bits per heavy atom. The zero-order valence-corrected chi connectivity index (χ0v) is 11.8. The Morgan fingerprint density at radius 2 is 2.39 bits per heavy atom. The molecule has 18 heavy (non-hydrogen) atoms. The van der Waals surface area contributed by atoms with E-state index in [4.69, 9.17) is 11.6 Å². The zero-order valence-electron chi connectivity index (χ0n) is 11.1. The fourth-order valence-corrected chi connectivity index (χ4v) is 2.06. The van der Waals surface area contributed by atoms with Gasteiger partial charge in [0.05, 0.1) is 0 Å². The van der Waals surface area contributed by atoms with Gasteiger partial charge in [0.2, 0.25) is 0 Å². The average molecular weight is 262 g/mol. The van der Waals surface area contributed by atoms with E-state index in [0.717, 1.165) is 35.7 Å². The van der Waals surface area contributed by atoms with Gasteiger partial charge in [-0.1, -0.05) is 49.4 Å². The van der Waals surface area contributed by atoms with E-state index in [0.29, 0.717) is 0 Å². The molecule has 0 aromatic heterocycles. The summed E-state index contributed by atoms with van der Waals surface area (Å²) in [5.41, 5.74) is 6.49. The number of rotatable bonds is 5. The molecule has 1 N–H and O–H groups in total. The monoisotopic (exact) mass is 261 g/mol. The Kier molecular flexibility index (Phi) is 6.53. The van der Waals surface area contributed by atoms with E-state index in [-0.39, 0.29) is 0 Å². The summed E-state index contributed by atoms with van der Waals surface area (Å²) in [6.45, 7) is 9.67. The molecule has 0 amide bonds. The molecule has 0 unspecified atom stereocenters. The second-order valence-electron chi connectivity index (χ2n) is 3.96. The zero-order chi connectivity index (χ0) is 13.4. The van der Waals surface area contributed by atoms with Crippen LogP contribution in [0.15, 0.2) is 64.4 Å². The Hall–Kier alpha value is -1.27. The summed E-state index contributed by atoms with van der Waals surface area (Å²) in [5, 5.41) is 4.11. The number of allylic oxidation sites excluding steroid dienone is 7.